The zero-order valence-electron chi connectivity index (χ0n) is 11.0. The Morgan fingerprint density at radius 3 is 2.95 bits per heavy atom. The van der Waals surface area contributed by atoms with Gasteiger partial charge in [0.05, 0.1) is 6.61 Å². The van der Waals surface area contributed by atoms with Crippen LogP contribution in [0.3, 0.4) is 0 Å². The molecule has 0 fully saturated rings. The van der Waals surface area contributed by atoms with Crippen LogP contribution in [0.5, 0.6) is 0 Å². The zero-order chi connectivity index (χ0) is 13.8. The van der Waals surface area contributed by atoms with Gasteiger partial charge in [-0.05, 0) is 31.2 Å². The van der Waals surface area contributed by atoms with E-state index in [2.05, 4.69) is 25.6 Å². The van der Waals surface area contributed by atoms with E-state index in [1.807, 2.05) is 13.8 Å². The molecule has 0 atom stereocenters. The Morgan fingerprint density at radius 2 is 2.26 bits per heavy atom. The summed E-state index contributed by atoms with van der Waals surface area (Å²) in [6.45, 7) is 6.24. The monoisotopic (exact) mass is 265 g/mol. The summed E-state index contributed by atoms with van der Waals surface area (Å²) in [5.41, 5.74) is 0. The molecule has 0 spiro atoms. The van der Waals surface area contributed by atoms with Gasteiger partial charge in [0.2, 0.25) is 0 Å². The van der Waals surface area contributed by atoms with Crippen molar-refractivity contribution in [3.05, 3.63) is 18.0 Å². The highest BCUT2D eigenvalue weighted by Crippen LogP contribution is 2.07. The van der Waals surface area contributed by atoms with Gasteiger partial charge in [-0.3, -0.25) is 0 Å². The van der Waals surface area contributed by atoms with Crippen molar-refractivity contribution in [1.29, 1.82) is 0 Å². The van der Waals surface area contributed by atoms with E-state index in [0.29, 0.717) is 5.82 Å². The van der Waals surface area contributed by atoms with Crippen LogP contribution in [0.2, 0.25) is 0 Å². The SMILES string of the molecule is CCOC(=O)c1nnnn1Cc1ncnn1C(C)C. The lowest BCUT2D eigenvalue weighted by atomic mass is 10.4. The third-order valence-electron chi connectivity index (χ3n) is 2.42. The molecule has 0 saturated carbocycles. The predicted molar refractivity (Wildman–Crippen MR) is 63.3 cm³/mol. The smallest absolute Gasteiger partial charge is 0.378 e. The first kappa shape index (κ1) is 13.1. The summed E-state index contributed by atoms with van der Waals surface area (Å²) >= 11 is 0. The van der Waals surface area contributed by atoms with Crippen molar-refractivity contribution in [3.8, 4) is 0 Å². The fraction of sp³-hybridized carbons (Fsp3) is 0.600. The maximum absolute atomic E-state index is 11.6. The molecule has 2 heterocycles. The molecule has 102 valence electrons. The number of rotatable bonds is 5. The highest BCUT2D eigenvalue weighted by molar-refractivity contribution is 5.85. The second-order valence-electron chi connectivity index (χ2n) is 4.10. The standard InChI is InChI=1S/C10H15N7O2/c1-4-19-10(18)9-13-14-15-16(9)5-8-11-6-12-17(8)7(2)3/h6-7H,4-5H2,1-3H3. The molecule has 9 nitrogen and oxygen atoms in total. The van der Waals surface area contributed by atoms with Crippen molar-refractivity contribution in [1.82, 2.24) is 35.0 Å². The van der Waals surface area contributed by atoms with Gasteiger partial charge in [0.1, 0.15) is 18.7 Å². The summed E-state index contributed by atoms with van der Waals surface area (Å²) in [6.07, 6.45) is 1.46. The molecule has 0 saturated heterocycles. The van der Waals surface area contributed by atoms with E-state index in [-0.39, 0.29) is 25.0 Å². The zero-order valence-corrected chi connectivity index (χ0v) is 11.0. The minimum absolute atomic E-state index is 0.0557. The lowest BCUT2D eigenvalue weighted by Crippen LogP contribution is -2.18. The number of nitrogens with zero attached hydrogens (tertiary/aromatic N) is 7. The molecular weight excluding hydrogens is 250 g/mol. The minimum atomic E-state index is -0.553. The number of hydrogen-bond acceptors (Lipinski definition) is 7. The van der Waals surface area contributed by atoms with Gasteiger partial charge < -0.3 is 4.74 Å². The van der Waals surface area contributed by atoms with Gasteiger partial charge in [0.15, 0.2) is 0 Å². The van der Waals surface area contributed by atoms with Crippen molar-refractivity contribution in [2.75, 3.05) is 6.61 Å². The first-order valence-corrected chi connectivity index (χ1v) is 5.95. The summed E-state index contributed by atoms with van der Waals surface area (Å²) in [4.78, 5) is 15.8. The van der Waals surface area contributed by atoms with Crippen LogP contribution < -0.4 is 0 Å². The van der Waals surface area contributed by atoms with Crippen LogP contribution in [0.15, 0.2) is 6.33 Å². The van der Waals surface area contributed by atoms with Crippen molar-refractivity contribution in [2.45, 2.75) is 33.4 Å². The van der Waals surface area contributed by atoms with Gasteiger partial charge in [-0.15, -0.1) is 5.10 Å². The van der Waals surface area contributed by atoms with Crippen LogP contribution in [0.1, 0.15) is 43.3 Å². The molecule has 0 aliphatic carbocycles. The topological polar surface area (TPSA) is 101 Å². The van der Waals surface area contributed by atoms with E-state index >= 15 is 0 Å². The van der Waals surface area contributed by atoms with E-state index in [1.165, 1.54) is 11.0 Å². The number of hydrogen-bond donors (Lipinski definition) is 0. The molecule has 2 rings (SSSR count). The van der Waals surface area contributed by atoms with E-state index in [4.69, 9.17) is 4.74 Å². The van der Waals surface area contributed by atoms with Gasteiger partial charge in [0.25, 0.3) is 5.82 Å². The lowest BCUT2D eigenvalue weighted by molar-refractivity contribution is 0.0505. The molecule has 0 aromatic carbocycles. The Balaban J connectivity index is 2.22. The quantitative estimate of drug-likeness (QED) is 0.705. The minimum Gasteiger partial charge on any atom is -0.460 e. The van der Waals surface area contributed by atoms with E-state index < -0.39 is 5.97 Å². The van der Waals surface area contributed by atoms with Crippen molar-refractivity contribution in [2.24, 2.45) is 0 Å². The number of ether oxygens (including phenoxy) is 1. The maximum Gasteiger partial charge on any atom is 0.378 e. The fourth-order valence-electron chi connectivity index (χ4n) is 1.61. The average molecular weight is 265 g/mol. The third-order valence-corrected chi connectivity index (χ3v) is 2.42. The number of esters is 1. The Labute approximate surface area is 109 Å². The average Bonchev–Trinajstić information content (AvgIpc) is 2.98. The molecule has 0 radical (unpaired) electrons. The van der Waals surface area contributed by atoms with Gasteiger partial charge in [-0.1, -0.05) is 0 Å². The predicted octanol–water partition coefficient (Wildman–Crippen LogP) is 0.0705. The number of tetrazole rings is 1. The first-order valence-electron chi connectivity index (χ1n) is 5.95. The maximum atomic E-state index is 11.6. The summed E-state index contributed by atoms with van der Waals surface area (Å²) in [7, 11) is 0. The molecule has 2 aromatic heterocycles. The Hall–Kier alpha value is -2.32. The molecular formula is C10H15N7O2. The Kier molecular flexibility index (Phi) is 3.83. The normalized spacial score (nSPS) is 10.9. The van der Waals surface area contributed by atoms with E-state index in [0.717, 1.165) is 0 Å². The summed E-state index contributed by atoms with van der Waals surface area (Å²) in [5.74, 6) is 0.177. The third kappa shape index (κ3) is 2.75. The second-order valence-corrected chi connectivity index (χ2v) is 4.10. The number of carbonyl (C=O) groups is 1. The van der Waals surface area contributed by atoms with Crippen LogP contribution in [0, 0.1) is 0 Å². The van der Waals surface area contributed by atoms with E-state index in [9.17, 15) is 4.79 Å². The largest absolute Gasteiger partial charge is 0.460 e. The van der Waals surface area contributed by atoms with Gasteiger partial charge >= 0.3 is 5.97 Å². The highest BCUT2D eigenvalue weighted by atomic mass is 16.5. The lowest BCUT2D eigenvalue weighted by Gasteiger charge is -2.09. The number of aromatic nitrogens is 7. The van der Waals surface area contributed by atoms with Crippen LogP contribution in [-0.2, 0) is 11.3 Å². The highest BCUT2D eigenvalue weighted by Gasteiger charge is 2.18. The second kappa shape index (κ2) is 5.55. The van der Waals surface area contributed by atoms with Gasteiger partial charge in [-0.2, -0.15) is 5.10 Å². The van der Waals surface area contributed by atoms with Crippen molar-refractivity contribution >= 4 is 5.97 Å². The fourth-order valence-corrected chi connectivity index (χ4v) is 1.61. The number of carbonyl (C=O) groups excluding carboxylic acids is 1. The van der Waals surface area contributed by atoms with E-state index in [1.54, 1.807) is 11.6 Å². The molecule has 0 unspecified atom stereocenters. The van der Waals surface area contributed by atoms with Crippen LogP contribution in [0.25, 0.3) is 0 Å². The molecule has 0 aliphatic rings. The summed E-state index contributed by atoms with van der Waals surface area (Å²) in [5, 5.41) is 15.0. The van der Waals surface area contributed by atoms with Crippen molar-refractivity contribution < 1.29 is 9.53 Å². The molecule has 0 aliphatic heterocycles. The van der Waals surface area contributed by atoms with Crippen molar-refractivity contribution in [3.63, 3.8) is 0 Å². The van der Waals surface area contributed by atoms with Crippen LogP contribution >= 0.6 is 0 Å². The summed E-state index contributed by atoms with van der Waals surface area (Å²) < 4.78 is 7.97. The Bertz CT molecular complexity index is 560. The molecule has 2 aromatic rings. The Morgan fingerprint density at radius 1 is 1.47 bits per heavy atom. The molecule has 0 N–H and O–H groups in total. The van der Waals surface area contributed by atoms with Gasteiger partial charge in [-0.25, -0.2) is 19.1 Å². The molecule has 0 bridgehead atoms. The summed E-state index contributed by atoms with van der Waals surface area (Å²) in [6, 6.07) is 0.167. The molecule has 19 heavy (non-hydrogen) atoms. The van der Waals surface area contributed by atoms with Crippen LogP contribution in [-0.4, -0.2) is 47.5 Å². The molecule has 9 heteroatoms. The van der Waals surface area contributed by atoms with Crippen LogP contribution in [0.4, 0.5) is 0 Å². The molecule has 0 amide bonds. The first-order chi connectivity index (χ1) is 9.13. The van der Waals surface area contributed by atoms with Gasteiger partial charge in [0, 0.05) is 6.04 Å².